The summed E-state index contributed by atoms with van der Waals surface area (Å²) in [6.07, 6.45) is 1.30. The van der Waals surface area contributed by atoms with Crippen LogP contribution in [0.25, 0.3) is 0 Å². The quantitative estimate of drug-likeness (QED) is 0.821. The first-order valence-electron chi connectivity index (χ1n) is 7.59. The number of likely N-dealkylation sites (tertiary alicyclic amines) is 1. The SMILES string of the molecule is CC(C)(C)OC(=O)N1CC[C@@H]1C(=O)NC[C@H]1CCCS1(=O)=O. The predicted molar refractivity (Wildman–Crippen MR) is 81.2 cm³/mol. The molecule has 2 heterocycles. The number of sulfone groups is 1. The molecule has 126 valence electrons. The maximum Gasteiger partial charge on any atom is 0.410 e. The summed E-state index contributed by atoms with van der Waals surface area (Å²) in [5.74, 6) is -0.111. The fourth-order valence-electron chi connectivity index (χ4n) is 2.62. The van der Waals surface area contributed by atoms with E-state index in [-0.39, 0.29) is 18.2 Å². The van der Waals surface area contributed by atoms with E-state index < -0.39 is 32.8 Å². The highest BCUT2D eigenvalue weighted by molar-refractivity contribution is 7.92. The monoisotopic (exact) mass is 332 g/mol. The highest BCUT2D eigenvalue weighted by Crippen LogP contribution is 2.22. The van der Waals surface area contributed by atoms with Gasteiger partial charge in [-0.3, -0.25) is 9.69 Å². The summed E-state index contributed by atoms with van der Waals surface area (Å²) in [4.78, 5) is 25.4. The Labute approximate surface area is 131 Å². The summed E-state index contributed by atoms with van der Waals surface area (Å²) in [5, 5.41) is 2.17. The van der Waals surface area contributed by atoms with Crippen molar-refractivity contribution in [3.63, 3.8) is 0 Å². The van der Waals surface area contributed by atoms with Gasteiger partial charge in [0.2, 0.25) is 5.91 Å². The first-order chi connectivity index (χ1) is 10.1. The molecule has 0 aromatic carbocycles. The fraction of sp³-hybridized carbons (Fsp3) is 0.857. The van der Waals surface area contributed by atoms with Crippen LogP contribution in [0.1, 0.15) is 40.0 Å². The van der Waals surface area contributed by atoms with Crippen LogP contribution in [-0.2, 0) is 19.4 Å². The van der Waals surface area contributed by atoms with Crippen LogP contribution in [0.2, 0.25) is 0 Å². The molecule has 2 aliphatic heterocycles. The lowest BCUT2D eigenvalue weighted by molar-refractivity contribution is -0.130. The second-order valence-electron chi connectivity index (χ2n) is 6.85. The van der Waals surface area contributed by atoms with Crippen molar-refractivity contribution in [3.8, 4) is 0 Å². The number of nitrogens with one attached hydrogen (secondary N) is 1. The average Bonchev–Trinajstić information content (AvgIpc) is 2.61. The first-order valence-corrected chi connectivity index (χ1v) is 9.30. The molecule has 2 fully saturated rings. The van der Waals surface area contributed by atoms with Crippen LogP contribution in [0.5, 0.6) is 0 Å². The second kappa shape index (κ2) is 6.06. The molecular formula is C14H24N2O5S. The number of carbonyl (C=O) groups excluding carboxylic acids is 2. The molecule has 2 saturated heterocycles. The number of carbonyl (C=O) groups is 2. The van der Waals surface area contributed by atoms with E-state index >= 15 is 0 Å². The van der Waals surface area contributed by atoms with E-state index in [1.807, 2.05) is 0 Å². The van der Waals surface area contributed by atoms with Gasteiger partial charge in [-0.2, -0.15) is 0 Å². The minimum atomic E-state index is -3.07. The Kier molecular flexibility index (Phi) is 4.70. The van der Waals surface area contributed by atoms with E-state index in [4.69, 9.17) is 4.74 Å². The number of rotatable bonds is 3. The lowest BCUT2D eigenvalue weighted by atomic mass is 10.0. The Balaban J connectivity index is 1.84. The minimum absolute atomic E-state index is 0.125. The van der Waals surface area contributed by atoms with Gasteiger partial charge in [-0.25, -0.2) is 13.2 Å². The fourth-order valence-corrected chi connectivity index (χ4v) is 4.38. The molecular weight excluding hydrogens is 308 g/mol. The molecule has 0 aromatic rings. The molecule has 1 N–H and O–H groups in total. The summed E-state index contributed by atoms with van der Waals surface area (Å²) in [6, 6.07) is -0.557. The summed E-state index contributed by atoms with van der Waals surface area (Å²) < 4.78 is 28.7. The lowest BCUT2D eigenvalue weighted by Crippen LogP contribution is -2.59. The van der Waals surface area contributed by atoms with Crippen molar-refractivity contribution in [2.45, 2.75) is 56.9 Å². The third-order valence-corrected chi connectivity index (χ3v) is 6.19. The summed E-state index contributed by atoms with van der Waals surface area (Å²) >= 11 is 0. The Hall–Kier alpha value is -1.31. The molecule has 0 aliphatic carbocycles. The largest absolute Gasteiger partial charge is 0.444 e. The average molecular weight is 332 g/mol. The van der Waals surface area contributed by atoms with Gasteiger partial charge in [0, 0.05) is 13.1 Å². The summed E-state index contributed by atoms with van der Waals surface area (Å²) in [5.41, 5.74) is -0.606. The first kappa shape index (κ1) is 17.1. The lowest BCUT2D eigenvalue weighted by Gasteiger charge is -2.40. The maximum atomic E-state index is 12.1. The standard InChI is InChI=1S/C14H24N2O5S/c1-14(2,3)21-13(18)16-7-6-11(16)12(17)15-9-10-5-4-8-22(10,19)20/h10-11H,4-9H2,1-3H3,(H,15,17)/t10-,11-/m1/s1. The molecule has 2 atom stereocenters. The molecule has 0 spiro atoms. The minimum Gasteiger partial charge on any atom is -0.444 e. The third kappa shape index (κ3) is 3.91. The van der Waals surface area contributed by atoms with Crippen LogP contribution in [0.3, 0.4) is 0 Å². The zero-order valence-electron chi connectivity index (χ0n) is 13.3. The normalized spacial score (nSPS) is 27.1. The van der Waals surface area contributed by atoms with Crippen LogP contribution in [0.15, 0.2) is 0 Å². The van der Waals surface area contributed by atoms with E-state index in [2.05, 4.69) is 5.32 Å². The van der Waals surface area contributed by atoms with Crippen molar-refractivity contribution < 1.29 is 22.7 Å². The van der Waals surface area contributed by atoms with Gasteiger partial charge in [0.1, 0.15) is 11.6 Å². The van der Waals surface area contributed by atoms with Gasteiger partial charge in [0.05, 0.1) is 11.0 Å². The third-order valence-electron chi connectivity index (χ3n) is 3.92. The Bertz CT molecular complexity index is 552. The van der Waals surface area contributed by atoms with Crippen molar-refractivity contribution in [2.75, 3.05) is 18.8 Å². The van der Waals surface area contributed by atoms with E-state index in [0.29, 0.717) is 25.8 Å². The van der Waals surface area contributed by atoms with Gasteiger partial charge in [-0.05, 0) is 40.0 Å². The summed E-state index contributed by atoms with van der Waals surface area (Å²) in [6.45, 7) is 5.91. The molecule has 0 radical (unpaired) electrons. The Morgan fingerprint density at radius 1 is 1.27 bits per heavy atom. The van der Waals surface area contributed by atoms with Crippen molar-refractivity contribution in [1.82, 2.24) is 10.2 Å². The topological polar surface area (TPSA) is 92.8 Å². The van der Waals surface area contributed by atoms with Gasteiger partial charge in [-0.1, -0.05) is 0 Å². The number of hydrogen-bond donors (Lipinski definition) is 1. The number of ether oxygens (including phenoxy) is 1. The number of nitrogens with zero attached hydrogens (tertiary/aromatic N) is 1. The molecule has 22 heavy (non-hydrogen) atoms. The molecule has 7 nitrogen and oxygen atoms in total. The van der Waals surface area contributed by atoms with Gasteiger partial charge in [-0.15, -0.1) is 0 Å². The second-order valence-corrected chi connectivity index (χ2v) is 9.26. The number of hydrogen-bond acceptors (Lipinski definition) is 5. The zero-order chi connectivity index (χ0) is 16.5. The molecule has 0 aromatic heterocycles. The van der Waals surface area contributed by atoms with Crippen molar-refractivity contribution >= 4 is 21.8 Å². The van der Waals surface area contributed by atoms with Crippen LogP contribution in [0.4, 0.5) is 4.79 Å². The van der Waals surface area contributed by atoms with Crippen molar-refractivity contribution in [2.24, 2.45) is 0 Å². The molecule has 2 aliphatic rings. The molecule has 2 rings (SSSR count). The Morgan fingerprint density at radius 2 is 1.95 bits per heavy atom. The van der Waals surface area contributed by atoms with Gasteiger partial charge >= 0.3 is 6.09 Å². The maximum absolute atomic E-state index is 12.1. The predicted octanol–water partition coefficient (Wildman–Crippen LogP) is 0.689. The van der Waals surface area contributed by atoms with E-state index in [9.17, 15) is 18.0 Å². The molecule has 0 unspecified atom stereocenters. The number of amides is 2. The van der Waals surface area contributed by atoms with Crippen molar-refractivity contribution in [3.05, 3.63) is 0 Å². The van der Waals surface area contributed by atoms with Gasteiger partial charge in [0.25, 0.3) is 0 Å². The van der Waals surface area contributed by atoms with Gasteiger partial charge < -0.3 is 10.1 Å². The van der Waals surface area contributed by atoms with Crippen LogP contribution in [-0.4, -0.2) is 61.1 Å². The van der Waals surface area contributed by atoms with Crippen LogP contribution in [0, 0.1) is 0 Å². The van der Waals surface area contributed by atoms with Crippen LogP contribution >= 0.6 is 0 Å². The summed E-state index contributed by atoms with van der Waals surface area (Å²) in [7, 11) is -3.07. The zero-order valence-corrected chi connectivity index (χ0v) is 14.1. The molecule has 2 amide bonds. The van der Waals surface area contributed by atoms with Crippen molar-refractivity contribution in [1.29, 1.82) is 0 Å². The van der Waals surface area contributed by atoms with Gasteiger partial charge in [0.15, 0.2) is 9.84 Å². The highest BCUT2D eigenvalue weighted by atomic mass is 32.2. The molecule has 0 bridgehead atoms. The smallest absolute Gasteiger partial charge is 0.410 e. The molecule has 0 saturated carbocycles. The Morgan fingerprint density at radius 3 is 2.41 bits per heavy atom. The molecule has 8 heteroatoms. The van der Waals surface area contributed by atoms with Crippen LogP contribution < -0.4 is 5.32 Å². The van der Waals surface area contributed by atoms with E-state index in [1.54, 1.807) is 20.8 Å². The van der Waals surface area contributed by atoms with E-state index in [1.165, 1.54) is 4.90 Å². The highest BCUT2D eigenvalue weighted by Gasteiger charge is 2.40. The van der Waals surface area contributed by atoms with E-state index in [0.717, 1.165) is 0 Å².